The molecule has 0 saturated carbocycles. The lowest BCUT2D eigenvalue weighted by atomic mass is 10.1. The Kier molecular flexibility index (Phi) is 5.84. The Labute approximate surface area is 156 Å². The van der Waals surface area contributed by atoms with Crippen molar-refractivity contribution >= 4 is 23.7 Å². The predicted octanol–water partition coefficient (Wildman–Crippen LogP) is 2.54. The summed E-state index contributed by atoms with van der Waals surface area (Å²) in [5, 5.41) is 5.28. The van der Waals surface area contributed by atoms with E-state index in [1.165, 1.54) is 0 Å². The molecule has 7 nitrogen and oxygen atoms in total. The van der Waals surface area contributed by atoms with Gasteiger partial charge in [-0.1, -0.05) is 60.7 Å². The highest BCUT2D eigenvalue weighted by Crippen LogP contribution is 2.08. The van der Waals surface area contributed by atoms with E-state index in [0.717, 1.165) is 11.1 Å². The second kappa shape index (κ2) is 8.66. The van der Waals surface area contributed by atoms with Gasteiger partial charge in [-0.15, -0.1) is 0 Å². The molecule has 3 aromatic rings. The third-order valence-electron chi connectivity index (χ3n) is 3.66. The van der Waals surface area contributed by atoms with Gasteiger partial charge in [0.25, 0.3) is 0 Å². The number of nitrogens with one attached hydrogen (secondary N) is 2. The number of hydrogen-bond donors (Lipinski definition) is 2. The summed E-state index contributed by atoms with van der Waals surface area (Å²) in [6, 6.07) is 18.7. The molecule has 0 bridgehead atoms. The van der Waals surface area contributed by atoms with E-state index in [-0.39, 0.29) is 36.6 Å². The lowest BCUT2D eigenvalue weighted by molar-refractivity contribution is -0.116. The Bertz CT molecular complexity index is 856. The maximum Gasteiger partial charge on any atom is 0.234 e. The molecule has 2 amide bonds. The summed E-state index contributed by atoms with van der Waals surface area (Å²) >= 11 is 0. The summed E-state index contributed by atoms with van der Waals surface area (Å²) < 4.78 is 0. The van der Waals surface area contributed by atoms with Crippen LogP contribution in [0.5, 0.6) is 0 Å². The van der Waals surface area contributed by atoms with Gasteiger partial charge in [0.2, 0.25) is 23.7 Å². The van der Waals surface area contributed by atoms with Crippen LogP contribution in [0.4, 0.5) is 11.9 Å². The second-order valence-electron chi connectivity index (χ2n) is 5.95. The van der Waals surface area contributed by atoms with Gasteiger partial charge in [0.05, 0.1) is 12.8 Å². The fourth-order valence-corrected chi connectivity index (χ4v) is 2.49. The van der Waals surface area contributed by atoms with Gasteiger partial charge in [0, 0.05) is 0 Å². The first-order valence-electron chi connectivity index (χ1n) is 8.49. The van der Waals surface area contributed by atoms with Crippen molar-refractivity contribution in [3.63, 3.8) is 0 Å². The molecule has 136 valence electrons. The van der Waals surface area contributed by atoms with Crippen molar-refractivity contribution in [1.82, 2.24) is 15.0 Å². The minimum absolute atomic E-state index is 0.110. The molecule has 0 spiro atoms. The molecule has 2 N–H and O–H groups in total. The van der Waals surface area contributed by atoms with Crippen molar-refractivity contribution in [2.24, 2.45) is 0 Å². The van der Waals surface area contributed by atoms with E-state index in [2.05, 4.69) is 25.6 Å². The first-order valence-corrected chi connectivity index (χ1v) is 8.49. The number of carbonyl (C=O) groups is 2. The van der Waals surface area contributed by atoms with Crippen LogP contribution in [-0.2, 0) is 22.4 Å². The molecule has 0 saturated heterocycles. The Morgan fingerprint density at radius 3 is 1.52 bits per heavy atom. The fraction of sp³-hybridized carbons (Fsp3) is 0.150. The molecule has 7 heteroatoms. The zero-order chi connectivity index (χ0) is 19.1. The van der Waals surface area contributed by atoms with Crippen LogP contribution in [0.15, 0.2) is 60.7 Å². The third kappa shape index (κ3) is 5.71. The molecule has 0 aliphatic rings. The maximum absolute atomic E-state index is 12.2. The van der Waals surface area contributed by atoms with Gasteiger partial charge in [-0.2, -0.15) is 15.0 Å². The number of benzene rings is 2. The molecule has 27 heavy (non-hydrogen) atoms. The number of anilines is 2. The maximum atomic E-state index is 12.2. The van der Waals surface area contributed by atoms with Gasteiger partial charge < -0.3 is 0 Å². The fourth-order valence-electron chi connectivity index (χ4n) is 2.49. The smallest absolute Gasteiger partial charge is 0.234 e. The van der Waals surface area contributed by atoms with Crippen molar-refractivity contribution < 1.29 is 9.59 Å². The van der Waals surface area contributed by atoms with Gasteiger partial charge in [-0.25, -0.2) is 0 Å². The van der Waals surface area contributed by atoms with Crippen LogP contribution >= 0.6 is 0 Å². The summed E-state index contributed by atoms with van der Waals surface area (Å²) in [6.07, 6.45) is 0.419. The zero-order valence-electron chi connectivity index (χ0n) is 14.8. The van der Waals surface area contributed by atoms with E-state index < -0.39 is 0 Å². The number of aromatic nitrogens is 3. The molecule has 1 aromatic heterocycles. The number of rotatable bonds is 6. The lowest BCUT2D eigenvalue weighted by Gasteiger charge is -2.08. The summed E-state index contributed by atoms with van der Waals surface area (Å²) in [5.41, 5.74) is 1.77. The van der Waals surface area contributed by atoms with Crippen molar-refractivity contribution in [3.8, 4) is 0 Å². The standard InChI is InChI=1S/C20H19N5O2/c1-14-21-19(23-17(26)12-15-8-4-2-5-9-15)25-20(22-14)24-18(27)13-16-10-6-3-7-11-16/h2-11H,12-13H2,1H3,(H2,21,22,23,24,25,26,27). The second-order valence-corrected chi connectivity index (χ2v) is 5.95. The number of hydrogen-bond acceptors (Lipinski definition) is 5. The number of aryl methyl sites for hydroxylation is 1. The monoisotopic (exact) mass is 361 g/mol. The van der Waals surface area contributed by atoms with Crippen LogP contribution in [0.25, 0.3) is 0 Å². The highest BCUT2D eigenvalue weighted by Gasteiger charge is 2.11. The Morgan fingerprint density at radius 1 is 0.704 bits per heavy atom. The summed E-state index contributed by atoms with van der Waals surface area (Å²) in [6.45, 7) is 1.67. The topological polar surface area (TPSA) is 96.9 Å². The Hall–Kier alpha value is -3.61. The molecule has 3 rings (SSSR count). The number of nitrogens with zero attached hydrogens (tertiary/aromatic N) is 3. The minimum atomic E-state index is -0.242. The molecule has 0 aliphatic heterocycles. The van der Waals surface area contributed by atoms with Crippen LogP contribution in [0.1, 0.15) is 17.0 Å². The van der Waals surface area contributed by atoms with Gasteiger partial charge >= 0.3 is 0 Å². The van der Waals surface area contributed by atoms with Crippen molar-refractivity contribution in [2.75, 3.05) is 10.6 Å². The average molecular weight is 361 g/mol. The van der Waals surface area contributed by atoms with E-state index in [1.807, 2.05) is 60.7 Å². The van der Waals surface area contributed by atoms with Crippen LogP contribution in [0, 0.1) is 6.92 Å². The Morgan fingerprint density at radius 2 is 1.11 bits per heavy atom. The van der Waals surface area contributed by atoms with Crippen LogP contribution < -0.4 is 10.6 Å². The average Bonchev–Trinajstić information content (AvgIpc) is 2.62. The molecule has 0 unspecified atom stereocenters. The van der Waals surface area contributed by atoms with Crippen molar-refractivity contribution in [3.05, 3.63) is 77.6 Å². The molecule has 0 radical (unpaired) electrons. The van der Waals surface area contributed by atoms with Crippen LogP contribution in [0.3, 0.4) is 0 Å². The quantitative estimate of drug-likeness (QED) is 0.703. The molecular weight excluding hydrogens is 342 g/mol. The number of carbonyl (C=O) groups excluding carboxylic acids is 2. The lowest BCUT2D eigenvalue weighted by Crippen LogP contribution is -2.20. The van der Waals surface area contributed by atoms with E-state index >= 15 is 0 Å². The van der Waals surface area contributed by atoms with Crippen LogP contribution in [0.2, 0.25) is 0 Å². The highest BCUT2D eigenvalue weighted by atomic mass is 16.2. The Balaban J connectivity index is 1.63. The van der Waals surface area contributed by atoms with Crippen molar-refractivity contribution in [2.45, 2.75) is 19.8 Å². The van der Waals surface area contributed by atoms with Gasteiger partial charge in [-0.3, -0.25) is 20.2 Å². The predicted molar refractivity (Wildman–Crippen MR) is 102 cm³/mol. The molecular formula is C20H19N5O2. The summed E-state index contributed by atoms with van der Waals surface area (Å²) in [5.74, 6) is 0.133. The van der Waals surface area contributed by atoms with Crippen LogP contribution in [-0.4, -0.2) is 26.8 Å². The van der Waals surface area contributed by atoms with Crippen molar-refractivity contribution in [1.29, 1.82) is 0 Å². The SMILES string of the molecule is Cc1nc(NC(=O)Cc2ccccc2)nc(NC(=O)Cc2ccccc2)n1. The van der Waals surface area contributed by atoms with Gasteiger partial charge in [-0.05, 0) is 18.1 Å². The molecule has 2 aromatic carbocycles. The molecule has 0 fully saturated rings. The highest BCUT2D eigenvalue weighted by molar-refractivity contribution is 5.92. The van der Waals surface area contributed by atoms with E-state index in [9.17, 15) is 9.59 Å². The van der Waals surface area contributed by atoms with Gasteiger partial charge in [0.1, 0.15) is 5.82 Å². The van der Waals surface area contributed by atoms with Gasteiger partial charge in [0.15, 0.2) is 0 Å². The molecule has 1 heterocycles. The van der Waals surface area contributed by atoms with E-state index in [1.54, 1.807) is 6.92 Å². The minimum Gasteiger partial charge on any atom is -0.294 e. The number of amides is 2. The summed E-state index contributed by atoms with van der Waals surface area (Å²) in [4.78, 5) is 36.7. The zero-order valence-corrected chi connectivity index (χ0v) is 14.8. The van der Waals surface area contributed by atoms with E-state index in [0.29, 0.717) is 5.82 Å². The normalized spacial score (nSPS) is 10.3. The first-order chi connectivity index (χ1) is 13.1. The molecule has 0 atom stereocenters. The van der Waals surface area contributed by atoms with E-state index in [4.69, 9.17) is 0 Å². The third-order valence-corrected chi connectivity index (χ3v) is 3.66. The molecule has 0 aliphatic carbocycles. The summed E-state index contributed by atoms with van der Waals surface area (Å²) in [7, 11) is 0. The first kappa shape index (κ1) is 18.2. The largest absolute Gasteiger partial charge is 0.294 e.